The van der Waals surface area contributed by atoms with E-state index in [1.54, 1.807) is 14.2 Å². The maximum Gasteiger partial charge on any atom is 0.268 e. The molecule has 8 heteroatoms. The molecule has 2 rings (SSSR count). The summed E-state index contributed by atoms with van der Waals surface area (Å²) in [5.74, 6) is 0.401. The SMILES string of the molecule is CNS(=O)(=O)c1cc(C(=O)NCc2ccc(C)c(OC)c2)n(C)c1. The van der Waals surface area contributed by atoms with Crippen LogP contribution in [0.1, 0.15) is 21.6 Å². The highest BCUT2D eigenvalue weighted by molar-refractivity contribution is 7.89. The van der Waals surface area contributed by atoms with Crippen molar-refractivity contribution in [2.45, 2.75) is 18.4 Å². The van der Waals surface area contributed by atoms with Crippen LogP contribution in [0.25, 0.3) is 0 Å². The lowest BCUT2D eigenvalue weighted by Crippen LogP contribution is -2.24. The lowest BCUT2D eigenvalue weighted by molar-refractivity contribution is 0.0942. The smallest absolute Gasteiger partial charge is 0.268 e. The summed E-state index contributed by atoms with van der Waals surface area (Å²) in [5, 5.41) is 2.78. The van der Waals surface area contributed by atoms with Gasteiger partial charge in [0.15, 0.2) is 0 Å². The standard InChI is InChI=1S/C16H21N3O4S/c1-11-5-6-12(7-15(11)23-4)9-18-16(20)14-8-13(10-19(14)3)24(21,22)17-2/h5-8,10,17H,9H2,1-4H3,(H,18,20). The molecule has 2 aromatic rings. The molecule has 130 valence electrons. The van der Waals surface area contributed by atoms with E-state index in [-0.39, 0.29) is 16.5 Å². The number of aromatic nitrogens is 1. The third-order valence-corrected chi connectivity index (χ3v) is 5.10. The Morgan fingerprint density at radius 3 is 2.62 bits per heavy atom. The van der Waals surface area contributed by atoms with Gasteiger partial charge in [-0.15, -0.1) is 0 Å². The summed E-state index contributed by atoms with van der Waals surface area (Å²) in [4.78, 5) is 12.4. The molecule has 1 heterocycles. The lowest BCUT2D eigenvalue weighted by atomic mass is 10.1. The van der Waals surface area contributed by atoms with Crippen LogP contribution in [0.5, 0.6) is 5.75 Å². The summed E-state index contributed by atoms with van der Waals surface area (Å²) in [6, 6.07) is 7.02. The fourth-order valence-electron chi connectivity index (χ4n) is 2.27. The average Bonchev–Trinajstić information content (AvgIpc) is 2.96. The zero-order chi connectivity index (χ0) is 17.9. The van der Waals surface area contributed by atoms with Crippen LogP contribution >= 0.6 is 0 Å². The molecule has 0 saturated carbocycles. The summed E-state index contributed by atoms with van der Waals surface area (Å²) in [7, 11) is 0.964. The summed E-state index contributed by atoms with van der Waals surface area (Å²) < 4.78 is 32.6. The fraction of sp³-hybridized carbons (Fsp3) is 0.312. The van der Waals surface area contributed by atoms with Crippen LogP contribution < -0.4 is 14.8 Å². The monoisotopic (exact) mass is 351 g/mol. The number of carbonyl (C=O) groups is 1. The van der Waals surface area contributed by atoms with Gasteiger partial charge in [0.2, 0.25) is 10.0 Å². The minimum Gasteiger partial charge on any atom is -0.496 e. The van der Waals surface area contributed by atoms with Crippen LogP contribution in [0.3, 0.4) is 0 Å². The second-order valence-electron chi connectivity index (χ2n) is 5.37. The predicted octanol–water partition coefficient (Wildman–Crippen LogP) is 1.18. The molecule has 7 nitrogen and oxygen atoms in total. The number of carbonyl (C=O) groups excluding carboxylic acids is 1. The van der Waals surface area contributed by atoms with E-state index in [4.69, 9.17) is 4.74 Å². The minimum atomic E-state index is -3.58. The van der Waals surface area contributed by atoms with Gasteiger partial charge >= 0.3 is 0 Å². The van der Waals surface area contributed by atoms with Crippen molar-refractivity contribution in [3.8, 4) is 5.75 Å². The van der Waals surface area contributed by atoms with Gasteiger partial charge in [0, 0.05) is 19.8 Å². The second kappa shape index (κ2) is 7.06. The molecule has 24 heavy (non-hydrogen) atoms. The molecule has 0 saturated heterocycles. The van der Waals surface area contributed by atoms with Gasteiger partial charge in [-0.2, -0.15) is 0 Å². The molecule has 1 amide bonds. The Morgan fingerprint density at radius 2 is 2.00 bits per heavy atom. The van der Waals surface area contributed by atoms with Crippen LogP contribution in [-0.2, 0) is 23.6 Å². The van der Waals surface area contributed by atoms with E-state index < -0.39 is 10.0 Å². The van der Waals surface area contributed by atoms with Crippen molar-refractivity contribution in [3.05, 3.63) is 47.3 Å². The lowest BCUT2D eigenvalue weighted by Gasteiger charge is -2.09. The first kappa shape index (κ1) is 18.0. The van der Waals surface area contributed by atoms with Gasteiger partial charge in [-0.3, -0.25) is 4.79 Å². The zero-order valence-electron chi connectivity index (χ0n) is 14.1. The molecule has 0 atom stereocenters. The third kappa shape index (κ3) is 3.77. The van der Waals surface area contributed by atoms with Crippen molar-refractivity contribution in [1.82, 2.24) is 14.6 Å². The van der Waals surface area contributed by atoms with Crippen LogP contribution in [0.4, 0.5) is 0 Å². The van der Waals surface area contributed by atoms with Crippen molar-refractivity contribution >= 4 is 15.9 Å². The van der Waals surface area contributed by atoms with E-state index in [2.05, 4.69) is 10.0 Å². The Morgan fingerprint density at radius 1 is 1.29 bits per heavy atom. The number of methoxy groups -OCH3 is 1. The summed E-state index contributed by atoms with van der Waals surface area (Å²) >= 11 is 0. The number of aryl methyl sites for hydroxylation is 2. The van der Waals surface area contributed by atoms with Gasteiger partial charge in [-0.25, -0.2) is 13.1 Å². The fourth-order valence-corrected chi connectivity index (χ4v) is 3.07. The quantitative estimate of drug-likeness (QED) is 0.818. The van der Waals surface area contributed by atoms with Gasteiger partial charge in [0.05, 0.1) is 7.11 Å². The summed E-state index contributed by atoms with van der Waals surface area (Å²) in [6.45, 7) is 2.25. The Bertz CT molecular complexity index is 856. The van der Waals surface area contributed by atoms with Gasteiger partial charge in [-0.05, 0) is 37.2 Å². The Kier molecular flexibility index (Phi) is 5.30. The van der Waals surface area contributed by atoms with E-state index in [0.717, 1.165) is 16.9 Å². The molecule has 0 spiro atoms. The van der Waals surface area contributed by atoms with Crippen molar-refractivity contribution < 1.29 is 17.9 Å². The number of ether oxygens (including phenoxy) is 1. The van der Waals surface area contributed by atoms with Crippen LogP contribution in [0.2, 0.25) is 0 Å². The molecule has 0 aliphatic carbocycles. The molecule has 1 aromatic carbocycles. The zero-order valence-corrected chi connectivity index (χ0v) is 14.9. The molecule has 0 bridgehead atoms. The van der Waals surface area contributed by atoms with Crippen molar-refractivity contribution in [2.75, 3.05) is 14.2 Å². The molecule has 1 aromatic heterocycles. The number of hydrogen-bond donors (Lipinski definition) is 2. The molecule has 2 N–H and O–H groups in total. The van der Waals surface area contributed by atoms with Gasteiger partial charge in [0.1, 0.15) is 16.3 Å². The third-order valence-electron chi connectivity index (χ3n) is 3.72. The van der Waals surface area contributed by atoms with Crippen molar-refractivity contribution in [1.29, 1.82) is 0 Å². The maximum atomic E-state index is 12.3. The number of sulfonamides is 1. The molecule has 0 aliphatic heterocycles. The van der Waals surface area contributed by atoms with Crippen LogP contribution in [-0.4, -0.2) is 33.0 Å². The first-order chi connectivity index (χ1) is 11.3. The normalized spacial score (nSPS) is 11.3. The van der Waals surface area contributed by atoms with Crippen LogP contribution in [0, 0.1) is 6.92 Å². The topological polar surface area (TPSA) is 89.4 Å². The van der Waals surface area contributed by atoms with Gasteiger partial charge < -0.3 is 14.6 Å². The minimum absolute atomic E-state index is 0.0506. The number of amides is 1. The van der Waals surface area contributed by atoms with E-state index in [0.29, 0.717) is 6.54 Å². The number of nitrogens with one attached hydrogen (secondary N) is 2. The van der Waals surface area contributed by atoms with Crippen molar-refractivity contribution in [2.24, 2.45) is 7.05 Å². The largest absolute Gasteiger partial charge is 0.496 e. The molecule has 0 radical (unpaired) electrons. The number of rotatable bonds is 6. The Hall–Kier alpha value is -2.32. The molecular formula is C16H21N3O4S. The second-order valence-corrected chi connectivity index (χ2v) is 7.25. The summed E-state index contributed by atoms with van der Waals surface area (Å²) in [6.07, 6.45) is 1.40. The highest BCUT2D eigenvalue weighted by atomic mass is 32.2. The maximum absolute atomic E-state index is 12.3. The highest BCUT2D eigenvalue weighted by Gasteiger charge is 2.19. The van der Waals surface area contributed by atoms with E-state index in [1.165, 1.54) is 23.9 Å². The first-order valence-corrected chi connectivity index (χ1v) is 8.78. The highest BCUT2D eigenvalue weighted by Crippen LogP contribution is 2.19. The number of benzene rings is 1. The van der Waals surface area contributed by atoms with E-state index >= 15 is 0 Å². The predicted molar refractivity (Wildman–Crippen MR) is 90.6 cm³/mol. The summed E-state index contributed by atoms with van der Waals surface area (Å²) in [5.41, 5.74) is 2.17. The molecule has 0 fully saturated rings. The average molecular weight is 351 g/mol. The molecule has 0 aliphatic rings. The number of nitrogens with zero attached hydrogens (tertiary/aromatic N) is 1. The van der Waals surface area contributed by atoms with E-state index in [1.807, 2.05) is 25.1 Å². The first-order valence-electron chi connectivity index (χ1n) is 7.30. The molecular weight excluding hydrogens is 330 g/mol. The van der Waals surface area contributed by atoms with E-state index in [9.17, 15) is 13.2 Å². The van der Waals surface area contributed by atoms with Crippen LogP contribution in [0.15, 0.2) is 35.4 Å². The van der Waals surface area contributed by atoms with Gasteiger partial charge in [-0.1, -0.05) is 12.1 Å². The number of hydrogen-bond acceptors (Lipinski definition) is 4. The van der Waals surface area contributed by atoms with Crippen molar-refractivity contribution in [3.63, 3.8) is 0 Å². The Labute approximate surface area is 141 Å². The van der Waals surface area contributed by atoms with Gasteiger partial charge in [0.25, 0.3) is 5.91 Å². The molecule has 0 unspecified atom stereocenters. The Balaban J connectivity index is 2.13.